The fraction of sp³-hybridized carbons (Fsp3) is 0.467. The highest BCUT2D eigenvalue weighted by Crippen LogP contribution is 2.46. The Labute approximate surface area is 121 Å². The van der Waals surface area contributed by atoms with Gasteiger partial charge in [-0.25, -0.2) is 9.97 Å². The molecule has 2 aliphatic rings. The zero-order valence-electron chi connectivity index (χ0n) is 11.6. The maximum absolute atomic E-state index is 10.3. The molecule has 1 saturated carbocycles. The number of aromatic nitrogens is 3. The maximum Gasteiger partial charge on any atom is 0.146 e. The van der Waals surface area contributed by atoms with Crippen molar-refractivity contribution in [1.29, 1.82) is 0 Å². The first-order valence-corrected chi connectivity index (χ1v) is 7.28. The van der Waals surface area contributed by atoms with Crippen LogP contribution in [-0.2, 0) is 0 Å². The van der Waals surface area contributed by atoms with Gasteiger partial charge >= 0.3 is 0 Å². The summed E-state index contributed by atoms with van der Waals surface area (Å²) in [5, 5.41) is 21.0. The fourth-order valence-corrected chi connectivity index (χ4v) is 3.76. The molecule has 110 valence electrons. The van der Waals surface area contributed by atoms with Crippen molar-refractivity contribution < 1.29 is 10.2 Å². The zero-order valence-corrected chi connectivity index (χ0v) is 11.6. The molecule has 4 N–H and O–H groups in total. The number of fused-ring (bicyclic) bond motifs is 2. The highest BCUT2D eigenvalue weighted by molar-refractivity contribution is 5.86. The lowest BCUT2D eigenvalue weighted by Crippen LogP contribution is -2.24. The number of nitrogens with zero attached hydrogens (tertiary/aromatic N) is 3. The lowest BCUT2D eigenvalue weighted by molar-refractivity contribution is 0.0845. The van der Waals surface area contributed by atoms with Crippen molar-refractivity contribution >= 4 is 16.9 Å². The topological polar surface area (TPSA) is 97.2 Å². The van der Waals surface area contributed by atoms with E-state index in [9.17, 15) is 10.2 Å². The van der Waals surface area contributed by atoms with Crippen molar-refractivity contribution in [3.05, 3.63) is 30.2 Å². The Morgan fingerprint density at radius 2 is 2.10 bits per heavy atom. The van der Waals surface area contributed by atoms with Crippen molar-refractivity contribution in [3.8, 4) is 0 Å². The molecule has 6 nitrogen and oxygen atoms in total. The fourth-order valence-electron chi connectivity index (χ4n) is 3.76. The number of anilines is 1. The van der Waals surface area contributed by atoms with Gasteiger partial charge in [0, 0.05) is 12.1 Å². The van der Waals surface area contributed by atoms with Crippen LogP contribution in [0.3, 0.4) is 0 Å². The van der Waals surface area contributed by atoms with Gasteiger partial charge in [-0.05, 0) is 30.9 Å². The number of aliphatic hydroxyl groups is 2. The first-order chi connectivity index (χ1) is 10.1. The molecule has 1 fully saturated rings. The summed E-state index contributed by atoms with van der Waals surface area (Å²) in [5.74, 6) is 0.525. The minimum absolute atomic E-state index is 0.0513. The monoisotopic (exact) mass is 286 g/mol. The summed E-state index contributed by atoms with van der Waals surface area (Å²) in [6.45, 7) is 0. The van der Waals surface area contributed by atoms with Gasteiger partial charge in [0.1, 0.15) is 17.8 Å². The number of aliphatic hydroxyl groups excluding tert-OH is 2. The van der Waals surface area contributed by atoms with E-state index in [0.717, 1.165) is 11.0 Å². The highest BCUT2D eigenvalue weighted by Gasteiger charge is 2.41. The Morgan fingerprint density at radius 3 is 2.95 bits per heavy atom. The van der Waals surface area contributed by atoms with Gasteiger partial charge in [0.25, 0.3) is 0 Å². The minimum Gasteiger partial charge on any atom is -0.393 e. The third-order valence-corrected chi connectivity index (χ3v) is 4.77. The molecule has 0 aromatic carbocycles. The molecule has 4 atom stereocenters. The van der Waals surface area contributed by atoms with Gasteiger partial charge < -0.3 is 20.5 Å². The lowest BCUT2D eigenvalue weighted by atomic mass is 9.86. The van der Waals surface area contributed by atoms with Crippen LogP contribution in [0.25, 0.3) is 11.0 Å². The second-order valence-corrected chi connectivity index (χ2v) is 5.97. The molecular weight excluding hydrogens is 268 g/mol. The van der Waals surface area contributed by atoms with Crippen molar-refractivity contribution in [2.45, 2.75) is 37.5 Å². The van der Waals surface area contributed by atoms with E-state index in [4.69, 9.17) is 5.73 Å². The van der Waals surface area contributed by atoms with Crippen LogP contribution >= 0.6 is 0 Å². The molecule has 0 bridgehead atoms. The number of hydrogen-bond acceptors (Lipinski definition) is 5. The first-order valence-electron chi connectivity index (χ1n) is 7.28. The van der Waals surface area contributed by atoms with Crippen molar-refractivity contribution in [2.75, 3.05) is 5.73 Å². The van der Waals surface area contributed by atoms with Gasteiger partial charge in [0.15, 0.2) is 0 Å². The molecule has 0 spiro atoms. The van der Waals surface area contributed by atoms with E-state index in [1.165, 1.54) is 11.9 Å². The zero-order chi connectivity index (χ0) is 14.6. The predicted molar refractivity (Wildman–Crippen MR) is 78.4 cm³/mol. The third-order valence-electron chi connectivity index (χ3n) is 4.77. The summed E-state index contributed by atoms with van der Waals surface area (Å²) < 4.78 is 2.07. The SMILES string of the molecule is Nc1ncnc2c1ccn2[C@H]1C[C@H](O)[C@H]2C[C@@H](O)CC=C21. The van der Waals surface area contributed by atoms with E-state index in [1.54, 1.807) is 0 Å². The summed E-state index contributed by atoms with van der Waals surface area (Å²) in [4.78, 5) is 8.35. The van der Waals surface area contributed by atoms with Gasteiger partial charge in [-0.1, -0.05) is 6.08 Å². The van der Waals surface area contributed by atoms with Crippen LogP contribution in [0, 0.1) is 5.92 Å². The van der Waals surface area contributed by atoms with Crippen LogP contribution in [0.4, 0.5) is 5.82 Å². The molecule has 2 aromatic heterocycles. The van der Waals surface area contributed by atoms with E-state index in [1.807, 2.05) is 12.3 Å². The van der Waals surface area contributed by atoms with Gasteiger partial charge in [-0.3, -0.25) is 0 Å². The van der Waals surface area contributed by atoms with Crippen molar-refractivity contribution in [2.24, 2.45) is 5.92 Å². The van der Waals surface area contributed by atoms with Crippen molar-refractivity contribution in [3.63, 3.8) is 0 Å². The van der Waals surface area contributed by atoms with Crippen LogP contribution in [0.2, 0.25) is 0 Å². The van der Waals surface area contributed by atoms with Gasteiger partial charge in [0.05, 0.1) is 23.6 Å². The molecule has 0 saturated heterocycles. The van der Waals surface area contributed by atoms with E-state index < -0.39 is 6.10 Å². The normalized spacial score (nSPS) is 32.2. The van der Waals surface area contributed by atoms with Gasteiger partial charge in [-0.2, -0.15) is 0 Å². The van der Waals surface area contributed by atoms with Crippen LogP contribution in [-0.4, -0.2) is 37.0 Å². The third kappa shape index (κ3) is 1.86. The Morgan fingerprint density at radius 1 is 1.24 bits per heavy atom. The molecule has 0 aliphatic heterocycles. The second kappa shape index (κ2) is 4.54. The number of rotatable bonds is 1. The Kier molecular flexibility index (Phi) is 2.77. The summed E-state index contributed by atoms with van der Waals surface area (Å²) in [5.41, 5.74) is 7.89. The number of nitrogen functional groups attached to an aromatic ring is 1. The highest BCUT2D eigenvalue weighted by atomic mass is 16.3. The van der Waals surface area contributed by atoms with Crippen LogP contribution in [0.15, 0.2) is 30.2 Å². The number of nitrogens with two attached hydrogens (primary N) is 1. The molecule has 21 heavy (non-hydrogen) atoms. The van der Waals surface area contributed by atoms with E-state index in [0.29, 0.717) is 25.1 Å². The molecule has 6 heteroatoms. The largest absolute Gasteiger partial charge is 0.393 e. The van der Waals surface area contributed by atoms with Gasteiger partial charge in [-0.15, -0.1) is 0 Å². The molecule has 2 aromatic rings. The maximum atomic E-state index is 10.3. The summed E-state index contributed by atoms with van der Waals surface area (Å²) in [6, 6.07) is 2.01. The quantitative estimate of drug-likeness (QED) is 0.680. The Bertz CT molecular complexity index is 724. The van der Waals surface area contributed by atoms with Crippen LogP contribution in [0.5, 0.6) is 0 Å². The van der Waals surface area contributed by atoms with Crippen molar-refractivity contribution in [1.82, 2.24) is 14.5 Å². The molecule has 0 radical (unpaired) electrons. The lowest BCUT2D eigenvalue weighted by Gasteiger charge is -2.26. The average Bonchev–Trinajstić information content (AvgIpc) is 3.02. The number of hydrogen-bond donors (Lipinski definition) is 3. The summed E-state index contributed by atoms with van der Waals surface area (Å²) in [6.07, 6.45) is 6.70. The van der Waals surface area contributed by atoms with Gasteiger partial charge in [0.2, 0.25) is 0 Å². The molecule has 4 rings (SSSR count). The minimum atomic E-state index is -0.409. The Hall–Kier alpha value is -1.92. The van der Waals surface area contributed by atoms with Crippen LogP contribution in [0.1, 0.15) is 25.3 Å². The summed E-state index contributed by atoms with van der Waals surface area (Å²) in [7, 11) is 0. The molecule has 0 amide bonds. The second-order valence-electron chi connectivity index (χ2n) is 5.97. The summed E-state index contributed by atoms with van der Waals surface area (Å²) >= 11 is 0. The predicted octanol–water partition coefficient (Wildman–Crippen LogP) is 1.02. The molecule has 0 unspecified atom stereocenters. The van der Waals surface area contributed by atoms with E-state index >= 15 is 0 Å². The Balaban J connectivity index is 1.81. The standard InChI is InChI=1S/C15H18N4O2/c16-14-10-3-4-19(15(10)18-7-17-14)12-6-13(21)11-5-8(20)1-2-9(11)12/h2-4,7-8,11-13,20-21H,1,5-6H2,(H2,16,17,18)/t8-,11-,12-,13-/m0/s1. The molecular formula is C15H18N4O2. The molecule has 2 aliphatic carbocycles. The first kappa shape index (κ1) is 12.8. The smallest absolute Gasteiger partial charge is 0.146 e. The molecule has 2 heterocycles. The average molecular weight is 286 g/mol. The van der Waals surface area contributed by atoms with E-state index in [2.05, 4.69) is 20.6 Å². The van der Waals surface area contributed by atoms with Crippen LogP contribution < -0.4 is 5.73 Å². The van der Waals surface area contributed by atoms with E-state index in [-0.39, 0.29) is 18.1 Å².